The van der Waals surface area contributed by atoms with E-state index in [0.29, 0.717) is 12.5 Å². The van der Waals surface area contributed by atoms with Gasteiger partial charge in [-0.2, -0.15) is 0 Å². The molecule has 3 saturated heterocycles. The first kappa shape index (κ1) is 17.5. The smallest absolute Gasteiger partial charge is 0.241 e. The Labute approximate surface area is 154 Å². The maximum Gasteiger partial charge on any atom is 0.241 e. The van der Waals surface area contributed by atoms with Crippen molar-refractivity contribution in [1.82, 2.24) is 19.8 Å². The highest BCUT2D eigenvalue weighted by Crippen LogP contribution is 2.25. The number of rotatable bonds is 4. The normalized spacial score (nSPS) is 25.2. The highest BCUT2D eigenvalue weighted by Gasteiger charge is 2.27. The second kappa shape index (κ2) is 7.75. The molecule has 1 atom stereocenters. The van der Waals surface area contributed by atoms with Gasteiger partial charge >= 0.3 is 0 Å². The predicted molar refractivity (Wildman–Crippen MR) is 99.5 cm³/mol. The number of hydrogen-bond donors (Lipinski definition) is 0. The SMILES string of the molecule is CN1CCN(c2cc(N3CCC(CN4CCOCC4)C3)ncn2)CC1=O. The highest BCUT2D eigenvalue weighted by atomic mass is 16.5. The first-order valence-electron chi connectivity index (χ1n) is 9.55. The predicted octanol–water partition coefficient (Wildman–Crippen LogP) is -0.0865. The van der Waals surface area contributed by atoms with E-state index in [2.05, 4.69) is 24.7 Å². The number of piperazine rings is 1. The molecule has 0 aliphatic carbocycles. The van der Waals surface area contributed by atoms with Crippen molar-refractivity contribution in [2.75, 3.05) is 82.4 Å². The van der Waals surface area contributed by atoms with Crippen LogP contribution in [0.25, 0.3) is 0 Å². The number of likely N-dealkylation sites (N-methyl/N-ethyl adjacent to an activating group) is 1. The Morgan fingerprint density at radius 1 is 1.08 bits per heavy atom. The quantitative estimate of drug-likeness (QED) is 0.744. The number of carbonyl (C=O) groups excluding carboxylic acids is 1. The van der Waals surface area contributed by atoms with Crippen LogP contribution in [0.5, 0.6) is 0 Å². The zero-order valence-corrected chi connectivity index (χ0v) is 15.5. The molecule has 3 fully saturated rings. The van der Waals surface area contributed by atoms with Crippen LogP contribution in [0.4, 0.5) is 11.6 Å². The number of aromatic nitrogens is 2. The zero-order valence-electron chi connectivity index (χ0n) is 15.5. The van der Waals surface area contributed by atoms with Crippen molar-refractivity contribution < 1.29 is 9.53 Å². The minimum atomic E-state index is 0.142. The Kier molecular flexibility index (Phi) is 5.21. The van der Waals surface area contributed by atoms with Gasteiger partial charge in [0.15, 0.2) is 0 Å². The van der Waals surface area contributed by atoms with Crippen molar-refractivity contribution in [1.29, 1.82) is 0 Å². The van der Waals surface area contributed by atoms with E-state index in [1.54, 1.807) is 11.2 Å². The molecule has 0 radical (unpaired) electrons. The molecule has 8 heteroatoms. The molecule has 1 aromatic rings. The summed E-state index contributed by atoms with van der Waals surface area (Å²) < 4.78 is 5.44. The molecule has 1 unspecified atom stereocenters. The first-order chi connectivity index (χ1) is 12.7. The second-order valence-corrected chi connectivity index (χ2v) is 7.48. The van der Waals surface area contributed by atoms with Gasteiger partial charge < -0.3 is 19.4 Å². The fraction of sp³-hybridized carbons (Fsp3) is 0.722. The Balaban J connectivity index is 1.37. The van der Waals surface area contributed by atoms with Crippen molar-refractivity contribution >= 4 is 17.5 Å². The van der Waals surface area contributed by atoms with E-state index in [0.717, 1.165) is 70.7 Å². The van der Waals surface area contributed by atoms with Crippen LogP contribution < -0.4 is 9.80 Å². The molecule has 0 saturated carbocycles. The third kappa shape index (κ3) is 3.91. The fourth-order valence-corrected chi connectivity index (χ4v) is 3.98. The molecule has 26 heavy (non-hydrogen) atoms. The molecule has 4 heterocycles. The van der Waals surface area contributed by atoms with Gasteiger partial charge in [-0.05, 0) is 12.3 Å². The summed E-state index contributed by atoms with van der Waals surface area (Å²) in [4.78, 5) is 29.6. The average molecular weight is 360 g/mol. The summed E-state index contributed by atoms with van der Waals surface area (Å²) in [5.41, 5.74) is 0. The summed E-state index contributed by atoms with van der Waals surface area (Å²) in [5, 5.41) is 0. The van der Waals surface area contributed by atoms with Crippen LogP contribution in [0, 0.1) is 5.92 Å². The zero-order chi connectivity index (χ0) is 17.9. The molecule has 0 bridgehead atoms. The van der Waals surface area contributed by atoms with Crippen LogP contribution in [-0.4, -0.2) is 98.3 Å². The highest BCUT2D eigenvalue weighted by molar-refractivity contribution is 5.82. The minimum absolute atomic E-state index is 0.142. The summed E-state index contributed by atoms with van der Waals surface area (Å²) in [5.74, 6) is 2.65. The van der Waals surface area contributed by atoms with E-state index >= 15 is 0 Å². The third-order valence-corrected chi connectivity index (χ3v) is 5.65. The van der Waals surface area contributed by atoms with Crippen molar-refractivity contribution in [3.05, 3.63) is 12.4 Å². The van der Waals surface area contributed by atoms with Crippen molar-refractivity contribution in [3.63, 3.8) is 0 Å². The summed E-state index contributed by atoms with van der Waals surface area (Å²) in [7, 11) is 1.85. The van der Waals surface area contributed by atoms with Gasteiger partial charge in [0.1, 0.15) is 18.0 Å². The van der Waals surface area contributed by atoms with Gasteiger partial charge in [0.2, 0.25) is 5.91 Å². The minimum Gasteiger partial charge on any atom is -0.379 e. The van der Waals surface area contributed by atoms with Crippen LogP contribution in [-0.2, 0) is 9.53 Å². The largest absolute Gasteiger partial charge is 0.379 e. The summed E-state index contributed by atoms with van der Waals surface area (Å²) in [6.45, 7) is 8.98. The van der Waals surface area contributed by atoms with Gasteiger partial charge in [0.25, 0.3) is 0 Å². The third-order valence-electron chi connectivity index (χ3n) is 5.65. The lowest BCUT2D eigenvalue weighted by Crippen LogP contribution is -2.48. The molecule has 0 spiro atoms. The Morgan fingerprint density at radius 3 is 2.62 bits per heavy atom. The summed E-state index contributed by atoms with van der Waals surface area (Å²) >= 11 is 0. The Bertz CT molecular complexity index is 636. The fourth-order valence-electron chi connectivity index (χ4n) is 3.98. The lowest BCUT2D eigenvalue weighted by atomic mass is 10.1. The lowest BCUT2D eigenvalue weighted by molar-refractivity contribution is -0.129. The van der Waals surface area contributed by atoms with E-state index in [4.69, 9.17) is 4.74 Å². The van der Waals surface area contributed by atoms with E-state index in [1.165, 1.54) is 6.42 Å². The van der Waals surface area contributed by atoms with E-state index < -0.39 is 0 Å². The van der Waals surface area contributed by atoms with Gasteiger partial charge in [-0.1, -0.05) is 0 Å². The van der Waals surface area contributed by atoms with Crippen LogP contribution in [0.3, 0.4) is 0 Å². The number of anilines is 2. The number of morpholine rings is 1. The van der Waals surface area contributed by atoms with E-state index in [9.17, 15) is 4.79 Å². The van der Waals surface area contributed by atoms with Crippen molar-refractivity contribution in [3.8, 4) is 0 Å². The molecule has 0 aromatic carbocycles. The molecule has 142 valence electrons. The maximum absolute atomic E-state index is 12.0. The van der Waals surface area contributed by atoms with Gasteiger partial charge in [-0.15, -0.1) is 0 Å². The number of hydrogen-bond acceptors (Lipinski definition) is 7. The molecule has 3 aliphatic rings. The average Bonchev–Trinajstić information content (AvgIpc) is 3.13. The van der Waals surface area contributed by atoms with Gasteiger partial charge in [0.05, 0.1) is 19.8 Å². The van der Waals surface area contributed by atoms with Gasteiger partial charge in [-0.3, -0.25) is 9.69 Å². The van der Waals surface area contributed by atoms with Crippen LogP contribution in [0.1, 0.15) is 6.42 Å². The molecule has 8 nitrogen and oxygen atoms in total. The van der Waals surface area contributed by atoms with Crippen LogP contribution in [0.2, 0.25) is 0 Å². The van der Waals surface area contributed by atoms with Crippen LogP contribution in [0.15, 0.2) is 12.4 Å². The summed E-state index contributed by atoms with van der Waals surface area (Å²) in [6.07, 6.45) is 2.83. The Morgan fingerprint density at radius 2 is 1.85 bits per heavy atom. The topological polar surface area (TPSA) is 65.0 Å². The maximum atomic E-state index is 12.0. The number of carbonyl (C=O) groups is 1. The molecular weight excluding hydrogens is 332 g/mol. The van der Waals surface area contributed by atoms with E-state index in [1.807, 2.05) is 13.1 Å². The number of nitrogens with zero attached hydrogens (tertiary/aromatic N) is 6. The molecule has 0 N–H and O–H groups in total. The molecular formula is C18H28N6O2. The number of ether oxygens (including phenoxy) is 1. The standard InChI is InChI=1S/C18H28N6O2/c1-21-4-5-24(13-18(21)25)17-10-16(19-14-20-17)23-3-2-15(12-23)11-22-6-8-26-9-7-22/h10,14-15H,2-9,11-13H2,1H3. The van der Waals surface area contributed by atoms with Crippen LogP contribution >= 0.6 is 0 Å². The number of amides is 1. The Hall–Kier alpha value is -1.93. The van der Waals surface area contributed by atoms with Gasteiger partial charge in [0, 0.05) is 58.9 Å². The molecule has 1 amide bonds. The lowest BCUT2D eigenvalue weighted by Gasteiger charge is -2.33. The van der Waals surface area contributed by atoms with Gasteiger partial charge in [-0.25, -0.2) is 9.97 Å². The van der Waals surface area contributed by atoms with Crippen molar-refractivity contribution in [2.45, 2.75) is 6.42 Å². The summed E-state index contributed by atoms with van der Waals surface area (Å²) in [6, 6.07) is 2.04. The van der Waals surface area contributed by atoms with Crippen molar-refractivity contribution in [2.24, 2.45) is 5.92 Å². The first-order valence-corrected chi connectivity index (χ1v) is 9.55. The second-order valence-electron chi connectivity index (χ2n) is 7.48. The monoisotopic (exact) mass is 360 g/mol. The van der Waals surface area contributed by atoms with E-state index in [-0.39, 0.29) is 5.91 Å². The molecule has 4 rings (SSSR count). The molecule has 1 aromatic heterocycles. The molecule has 3 aliphatic heterocycles.